The van der Waals surface area contributed by atoms with Crippen molar-refractivity contribution in [2.75, 3.05) is 24.3 Å². The van der Waals surface area contributed by atoms with Gasteiger partial charge in [0.1, 0.15) is 11.5 Å². The average molecular weight is 293 g/mol. The third kappa shape index (κ3) is 3.65. The Labute approximate surface area is 123 Å². The molecule has 0 spiro atoms. The van der Waals surface area contributed by atoms with Crippen LogP contribution in [0.3, 0.4) is 0 Å². The summed E-state index contributed by atoms with van der Waals surface area (Å²) in [4.78, 5) is 1.88. The maximum atomic E-state index is 13.8. The lowest BCUT2D eigenvalue weighted by atomic mass is 10.2. The number of nitrogen functional groups attached to an aromatic ring is 1. The zero-order chi connectivity index (χ0) is 15.4. The minimum atomic E-state index is -0.449. The molecule has 0 radical (unpaired) electrons. The molecule has 114 valence electrons. The maximum Gasteiger partial charge on any atom is 0.167 e. The summed E-state index contributed by atoms with van der Waals surface area (Å²) in [6.45, 7) is 4.78. The van der Waals surface area contributed by atoms with E-state index in [0.29, 0.717) is 24.5 Å². The first kappa shape index (κ1) is 15.2. The summed E-state index contributed by atoms with van der Waals surface area (Å²) in [7, 11) is 1.86. The van der Waals surface area contributed by atoms with Crippen LogP contribution < -0.4 is 15.4 Å². The van der Waals surface area contributed by atoms with Crippen molar-refractivity contribution in [1.29, 1.82) is 0 Å². The second-order valence-corrected chi connectivity index (χ2v) is 4.97. The highest BCUT2D eigenvalue weighted by molar-refractivity contribution is 5.69. The zero-order valence-corrected chi connectivity index (χ0v) is 12.5. The molecule has 0 aliphatic heterocycles. The number of nitrogens with zero attached hydrogens (tertiary/aromatic N) is 2. The van der Waals surface area contributed by atoms with Crippen molar-refractivity contribution >= 4 is 11.4 Å². The normalized spacial score (nSPS) is 10.7. The molecule has 21 heavy (non-hydrogen) atoms. The quantitative estimate of drug-likeness (QED) is 0.829. The number of benzene rings is 1. The van der Waals surface area contributed by atoms with Gasteiger partial charge in [-0.1, -0.05) is 12.1 Å². The van der Waals surface area contributed by atoms with E-state index in [4.69, 9.17) is 15.0 Å². The number of hydrogen-bond acceptors (Lipinski definition) is 5. The molecule has 6 heteroatoms. The van der Waals surface area contributed by atoms with Gasteiger partial charge < -0.3 is 19.9 Å². The first-order valence-corrected chi connectivity index (χ1v) is 6.86. The van der Waals surface area contributed by atoms with Gasteiger partial charge in [0.05, 0.1) is 24.5 Å². The van der Waals surface area contributed by atoms with Gasteiger partial charge in [-0.15, -0.1) is 0 Å². The second-order valence-electron chi connectivity index (χ2n) is 4.97. The Balaban J connectivity index is 2.20. The zero-order valence-electron chi connectivity index (χ0n) is 12.5. The number of aryl methyl sites for hydroxylation is 1. The van der Waals surface area contributed by atoms with Crippen LogP contribution in [0.1, 0.15) is 24.8 Å². The fraction of sp³-hybridized carbons (Fsp3) is 0.400. The van der Waals surface area contributed by atoms with E-state index in [1.165, 1.54) is 6.07 Å². The highest BCUT2D eigenvalue weighted by atomic mass is 19.1. The van der Waals surface area contributed by atoms with Gasteiger partial charge in [0, 0.05) is 25.2 Å². The number of nitrogens with two attached hydrogens (primary N) is 1. The number of anilines is 2. The summed E-state index contributed by atoms with van der Waals surface area (Å²) in [6, 6.07) is 4.75. The van der Waals surface area contributed by atoms with Crippen LogP contribution in [-0.2, 0) is 6.54 Å². The van der Waals surface area contributed by atoms with Gasteiger partial charge in [0.25, 0.3) is 0 Å². The Bertz CT molecular complexity index is 613. The summed E-state index contributed by atoms with van der Waals surface area (Å²) >= 11 is 0. The SMILES string of the molecule is CCCOc1cc(N(C)Cc2cc(C)on2)c(N)cc1F. The summed E-state index contributed by atoms with van der Waals surface area (Å²) in [6.07, 6.45) is 0.813. The van der Waals surface area contributed by atoms with Crippen molar-refractivity contribution in [3.63, 3.8) is 0 Å². The molecule has 0 saturated carbocycles. The fourth-order valence-corrected chi connectivity index (χ4v) is 2.03. The molecule has 1 aromatic heterocycles. The second kappa shape index (κ2) is 6.47. The van der Waals surface area contributed by atoms with Gasteiger partial charge in [0.15, 0.2) is 11.6 Å². The Morgan fingerprint density at radius 2 is 2.14 bits per heavy atom. The minimum Gasteiger partial charge on any atom is -0.490 e. The monoisotopic (exact) mass is 293 g/mol. The molecular weight excluding hydrogens is 273 g/mol. The number of halogens is 1. The molecule has 0 unspecified atom stereocenters. The smallest absolute Gasteiger partial charge is 0.167 e. The van der Waals surface area contributed by atoms with Crippen LogP contribution in [0.2, 0.25) is 0 Å². The van der Waals surface area contributed by atoms with E-state index in [1.807, 2.05) is 31.9 Å². The third-order valence-electron chi connectivity index (χ3n) is 3.03. The number of aromatic nitrogens is 1. The van der Waals surface area contributed by atoms with Gasteiger partial charge in [-0.2, -0.15) is 0 Å². The van der Waals surface area contributed by atoms with Gasteiger partial charge in [-0.05, 0) is 13.3 Å². The van der Waals surface area contributed by atoms with Crippen LogP contribution in [0.25, 0.3) is 0 Å². The number of ether oxygens (including phenoxy) is 1. The molecule has 2 N–H and O–H groups in total. The van der Waals surface area contributed by atoms with Gasteiger partial charge >= 0.3 is 0 Å². The number of rotatable bonds is 6. The van der Waals surface area contributed by atoms with Crippen LogP contribution in [-0.4, -0.2) is 18.8 Å². The predicted octanol–water partition coefficient (Wildman–Crippen LogP) is 3.13. The first-order chi connectivity index (χ1) is 10.0. The van der Waals surface area contributed by atoms with E-state index in [2.05, 4.69) is 5.16 Å². The lowest BCUT2D eigenvalue weighted by Crippen LogP contribution is -2.18. The molecule has 0 amide bonds. The van der Waals surface area contributed by atoms with Gasteiger partial charge in [0.2, 0.25) is 0 Å². The summed E-state index contributed by atoms with van der Waals surface area (Å²) in [5.74, 6) is 0.511. The molecule has 0 bridgehead atoms. The van der Waals surface area contributed by atoms with Crippen LogP contribution >= 0.6 is 0 Å². The standard InChI is InChI=1S/C15H20FN3O2/c1-4-5-20-15-8-14(13(17)7-12(15)16)19(3)9-11-6-10(2)21-18-11/h6-8H,4-5,9,17H2,1-3H3. The van der Waals surface area contributed by atoms with E-state index < -0.39 is 5.82 Å². The molecule has 0 aliphatic rings. The highest BCUT2D eigenvalue weighted by Crippen LogP contribution is 2.31. The predicted molar refractivity (Wildman–Crippen MR) is 79.9 cm³/mol. The molecule has 0 fully saturated rings. The van der Waals surface area contributed by atoms with Gasteiger partial charge in [-0.25, -0.2) is 4.39 Å². The van der Waals surface area contributed by atoms with Crippen LogP contribution in [0.4, 0.5) is 15.8 Å². The van der Waals surface area contributed by atoms with Crippen LogP contribution in [0.15, 0.2) is 22.7 Å². The minimum absolute atomic E-state index is 0.212. The topological polar surface area (TPSA) is 64.5 Å². The van der Waals surface area contributed by atoms with Crippen molar-refractivity contribution in [2.24, 2.45) is 0 Å². The number of hydrogen-bond donors (Lipinski definition) is 1. The molecule has 1 heterocycles. The van der Waals surface area contributed by atoms with E-state index in [1.54, 1.807) is 6.07 Å². The molecule has 0 saturated heterocycles. The molecule has 2 aromatic rings. The van der Waals surface area contributed by atoms with Crippen molar-refractivity contribution in [3.05, 3.63) is 35.5 Å². The summed E-state index contributed by atoms with van der Waals surface area (Å²) in [5.41, 5.74) is 7.74. The van der Waals surface area contributed by atoms with Crippen molar-refractivity contribution in [2.45, 2.75) is 26.8 Å². The average Bonchev–Trinajstić information content (AvgIpc) is 2.83. The fourth-order valence-electron chi connectivity index (χ4n) is 2.03. The maximum absolute atomic E-state index is 13.8. The van der Waals surface area contributed by atoms with Gasteiger partial charge in [-0.3, -0.25) is 0 Å². The Hall–Kier alpha value is -2.24. The third-order valence-corrected chi connectivity index (χ3v) is 3.03. The van der Waals surface area contributed by atoms with E-state index in [9.17, 15) is 4.39 Å². The summed E-state index contributed by atoms with van der Waals surface area (Å²) in [5, 5.41) is 3.94. The largest absolute Gasteiger partial charge is 0.490 e. The molecule has 1 aromatic carbocycles. The molecule has 2 rings (SSSR count). The lowest BCUT2D eigenvalue weighted by Gasteiger charge is -2.21. The van der Waals surface area contributed by atoms with Crippen molar-refractivity contribution in [3.8, 4) is 5.75 Å². The van der Waals surface area contributed by atoms with Crippen molar-refractivity contribution in [1.82, 2.24) is 5.16 Å². The van der Waals surface area contributed by atoms with Crippen LogP contribution in [0, 0.1) is 12.7 Å². The first-order valence-electron chi connectivity index (χ1n) is 6.86. The Morgan fingerprint density at radius 3 is 2.76 bits per heavy atom. The highest BCUT2D eigenvalue weighted by Gasteiger charge is 2.14. The Kier molecular flexibility index (Phi) is 4.67. The molecule has 5 nitrogen and oxygen atoms in total. The van der Waals surface area contributed by atoms with Crippen LogP contribution in [0.5, 0.6) is 5.75 Å². The molecule has 0 atom stereocenters. The molecule has 0 aliphatic carbocycles. The van der Waals surface area contributed by atoms with E-state index >= 15 is 0 Å². The molecular formula is C15H20FN3O2. The van der Waals surface area contributed by atoms with E-state index in [0.717, 1.165) is 17.9 Å². The van der Waals surface area contributed by atoms with E-state index in [-0.39, 0.29) is 5.75 Å². The summed E-state index contributed by atoms with van der Waals surface area (Å²) < 4.78 is 24.2. The lowest BCUT2D eigenvalue weighted by molar-refractivity contribution is 0.301. The van der Waals surface area contributed by atoms with Crippen molar-refractivity contribution < 1.29 is 13.7 Å². The Morgan fingerprint density at radius 1 is 1.38 bits per heavy atom.